The van der Waals surface area contributed by atoms with Gasteiger partial charge in [-0.25, -0.2) is 4.98 Å². The number of nitrogens with one attached hydrogen (secondary N) is 1. The van der Waals surface area contributed by atoms with E-state index in [0.29, 0.717) is 51.7 Å². The number of aromatic nitrogens is 2. The van der Waals surface area contributed by atoms with Crippen LogP contribution in [-0.2, 0) is 0 Å². The van der Waals surface area contributed by atoms with Crippen LogP contribution in [0, 0.1) is 6.92 Å². The van der Waals surface area contributed by atoms with Crippen molar-refractivity contribution in [3.05, 3.63) is 51.8 Å². The minimum atomic E-state index is -0.353. The molecule has 0 atom stereocenters. The molecule has 3 aromatic rings. The molecule has 1 saturated heterocycles. The Bertz CT molecular complexity index is 1130. The molecule has 2 aromatic heterocycles. The Morgan fingerprint density at radius 3 is 2.60 bits per heavy atom. The fourth-order valence-electron chi connectivity index (χ4n) is 3.67. The molecule has 4 rings (SSSR count). The Hall–Kier alpha value is -2.93. The van der Waals surface area contributed by atoms with Crippen molar-refractivity contribution >= 4 is 40.2 Å². The molecule has 1 aromatic carbocycles. The van der Waals surface area contributed by atoms with E-state index in [-0.39, 0.29) is 17.7 Å². The van der Waals surface area contributed by atoms with Gasteiger partial charge in [-0.05, 0) is 49.9 Å². The van der Waals surface area contributed by atoms with Crippen molar-refractivity contribution < 1.29 is 14.1 Å². The molecule has 0 unspecified atom stereocenters. The molecule has 0 spiro atoms. The SMILES string of the molecule is Cc1noc2nc(C(C)C)cc(C(=O)Nc3ccc(Cl)cc3C(=O)N3CCCC3)c12. The molecule has 1 aliphatic rings. The van der Waals surface area contributed by atoms with Gasteiger partial charge in [0.25, 0.3) is 17.5 Å². The first-order valence-electron chi connectivity index (χ1n) is 10.0. The van der Waals surface area contributed by atoms with E-state index < -0.39 is 0 Å². The van der Waals surface area contributed by atoms with Gasteiger partial charge in [0.05, 0.1) is 27.9 Å². The number of pyridine rings is 1. The van der Waals surface area contributed by atoms with Crippen molar-refractivity contribution in [1.29, 1.82) is 0 Å². The Kier molecular flexibility index (Phi) is 5.47. The Balaban J connectivity index is 1.73. The van der Waals surface area contributed by atoms with Gasteiger partial charge >= 0.3 is 0 Å². The highest BCUT2D eigenvalue weighted by atomic mass is 35.5. The predicted molar refractivity (Wildman–Crippen MR) is 115 cm³/mol. The van der Waals surface area contributed by atoms with Gasteiger partial charge in [0.1, 0.15) is 0 Å². The third kappa shape index (κ3) is 3.77. The van der Waals surface area contributed by atoms with E-state index in [1.54, 1.807) is 36.1 Å². The summed E-state index contributed by atoms with van der Waals surface area (Å²) in [6.45, 7) is 7.17. The number of carbonyl (C=O) groups excluding carboxylic acids is 2. The lowest BCUT2D eigenvalue weighted by Crippen LogP contribution is -2.29. The van der Waals surface area contributed by atoms with Gasteiger partial charge in [0.15, 0.2) is 0 Å². The minimum absolute atomic E-state index is 0.106. The summed E-state index contributed by atoms with van der Waals surface area (Å²) < 4.78 is 5.31. The van der Waals surface area contributed by atoms with E-state index in [0.717, 1.165) is 18.5 Å². The van der Waals surface area contributed by atoms with E-state index >= 15 is 0 Å². The lowest BCUT2D eigenvalue weighted by atomic mass is 10.0. The summed E-state index contributed by atoms with van der Waals surface area (Å²) in [5, 5.41) is 7.86. The van der Waals surface area contributed by atoms with Crippen LogP contribution < -0.4 is 5.32 Å². The molecule has 1 fully saturated rings. The number of rotatable bonds is 4. The standard InChI is InChI=1S/C22H23ClN4O3/c1-12(2)18-11-16(19-13(3)26-30-21(19)25-18)20(28)24-17-7-6-14(23)10-15(17)22(29)27-8-4-5-9-27/h6-7,10-12H,4-5,8-9H2,1-3H3,(H,24,28). The monoisotopic (exact) mass is 426 g/mol. The number of anilines is 1. The zero-order valence-electron chi connectivity index (χ0n) is 17.2. The Morgan fingerprint density at radius 1 is 1.17 bits per heavy atom. The summed E-state index contributed by atoms with van der Waals surface area (Å²) in [5.74, 6) is -0.378. The summed E-state index contributed by atoms with van der Waals surface area (Å²) in [7, 11) is 0. The highest BCUT2D eigenvalue weighted by Gasteiger charge is 2.25. The third-order valence-corrected chi connectivity index (χ3v) is 5.56. The predicted octanol–water partition coefficient (Wildman–Crippen LogP) is 4.80. The summed E-state index contributed by atoms with van der Waals surface area (Å²) in [6, 6.07) is 6.67. The molecule has 8 heteroatoms. The van der Waals surface area contributed by atoms with Crippen LogP contribution in [0.1, 0.15) is 64.7 Å². The molecule has 3 heterocycles. The topological polar surface area (TPSA) is 88.3 Å². The molecule has 7 nitrogen and oxygen atoms in total. The van der Waals surface area contributed by atoms with Crippen molar-refractivity contribution in [3.8, 4) is 0 Å². The number of hydrogen-bond donors (Lipinski definition) is 1. The van der Waals surface area contributed by atoms with Crippen LogP contribution in [-0.4, -0.2) is 39.9 Å². The second-order valence-corrected chi connectivity index (χ2v) is 8.28. The molecular weight excluding hydrogens is 404 g/mol. The molecule has 156 valence electrons. The molecule has 2 amide bonds. The average Bonchev–Trinajstić information content (AvgIpc) is 3.38. The summed E-state index contributed by atoms with van der Waals surface area (Å²) >= 11 is 6.15. The van der Waals surface area contributed by atoms with E-state index in [2.05, 4.69) is 15.5 Å². The van der Waals surface area contributed by atoms with E-state index in [1.807, 2.05) is 13.8 Å². The maximum Gasteiger partial charge on any atom is 0.259 e. The minimum Gasteiger partial charge on any atom is -0.339 e. The van der Waals surface area contributed by atoms with Crippen molar-refractivity contribution in [1.82, 2.24) is 15.0 Å². The number of halogens is 1. The van der Waals surface area contributed by atoms with Crippen LogP contribution >= 0.6 is 11.6 Å². The van der Waals surface area contributed by atoms with Crippen LogP contribution in [0.15, 0.2) is 28.8 Å². The molecule has 0 saturated carbocycles. The Labute approximate surface area is 179 Å². The molecule has 0 aliphatic carbocycles. The number of fused-ring (bicyclic) bond motifs is 1. The lowest BCUT2D eigenvalue weighted by Gasteiger charge is -2.18. The largest absolute Gasteiger partial charge is 0.339 e. The lowest BCUT2D eigenvalue weighted by molar-refractivity contribution is 0.0794. The number of likely N-dealkylation sites (tertiary alicyclic amines) is 1. The van der Waals surface area contributed by atoms with Gasteiger partial charge < -0.3 is 14.7 Å². The fourth-order valence-corrected chi connectivity index (χ4v) is 3.84. The first-order chi connectivity index (χ1) is 14.3. The van der Waals surface area contributed by atoms with E-state index in [1.165, 1.54) is 0 Å². The van der Waals surface area contributed by atoms with Crippen LogP contribution in [0.4, 0.5) is 5.69 Å². The summed E-state index contributed by atoms with van der Waals surface area (Å²) in [5.41, 5.74) is 2.86. The fraction of sp³-hybridized carbons (Fsp3) is 0.364. The van der Waals surface area contributed by atoms with Crippen LogP contribution in [0.2, 0.25) is 5.02 Å². The quantitative estimate of drug-likeness (QED) is 0.647. The van der Waals surface area contributed by atoms with E-state index in [9.17, 15) is 9.59 Å². The van der Waals surface area contributed by atoms with Crippen molar-refractivity contribution in [2.75, 3.05) is 18.4 Å². The number of nitrogens with zero attached hydrogens (tertiary/aromatic N) is 3. The number of hydrogen-bond acceptors (Lipinski definition) is 5. The molecule has 0 radical (unpaired) electrons. The molecule has 30 heavy (non-hydrogen) atoms. The maximum atomic E-state index is 13.3. The Morgan fingerprint density at radius 2 is 1.90 bits per heavy atom. The first kappa shape index (κ1) is 20.3. The molecule has 1 aliphatic heterocycles. The second kappa shape index (κ2) is 8.07. The van der Waals surface area contributed by atoms with E-state index in [4.69, 9.17) is 16.1 Å². The van der Waals surface area contributed by atoms with Gasteiger partial charge in [-0.3, -0.25) is 9.59 Å². The van der Waals surface area contributed by atoms with Crippen molar-refractivity contribution in [3.63, 3.8) is 0 Å². The van der Waals surface area contributed by atoms with Gasteiger partial charge in [-0.15, -0.1) is 0 Å². The number of carbonyl (C=O) groups is 2. The number of aryl methyl sites for hydroxylation is 1. The highest BCUT2D eigenvalue weighted by Crippen LogP contribution is 2.28. The van der Waals surface area contributed by atoms with Gasteiger partial charge in [0, 0.05) is 23.8 Å². The van der Waals surface area contributed by atoms with Crippen LogP contribution in [0.5, 0.6) is 0 Å². The third-order valence-electron chi connectivity index (χ3n) is 5.33. The zero-order valence-corrected chi connectivity index (χ0v) is 17.9. The second-order valence-electron chi connectivity index (χ2n) is 7.84. The van der Waals surface area contributed by atoms with Gasteiger partial charge in [-0.1, -0.05) is 30.6 Å². The smallest absolute Gasteiger partial charge is 0.259 e. The molecule has 0 bridgehead atoms. The zero-order chi connectivity index (χ0) is 21.4. The average molecular weight is 427 g/mol. The summed E-state index contributed by atoms with van der Waals surface area (Å²) in [6.07, 6.45) is 1.96. The normalized spacial score (nSPS) is 14.0. The van der Waals surface area contributed by atoms with Gasteiger partial charge in [-0.2, -0.15) is 0 Å². The van der Waals surface area contributed by atoms with Crippen molar-refractivity contribution in [2.45, 2.75) is 39.5 Å². The maximum absolute atomic E-state index is 13.3. The first-order valence-corrected chi connectivity index (χ1v) is 10.4. The number of benzene rings is 1. The van der Waals surface area contributed by atoms with Crippen LogP contribution in [0.3, 0.4) is 0 Å². The van der Waals surface area contributed by atoms with Crippen LogP contribution in [0.25, 0.3) is 11.1 Å². The highest BCUT2D eigenvalue weighted by molar-refractivity contribution is 6.31. The molecule has 1 N–H and O–H groups in total. The summed E-state index contributed by atoms with van der Waals surface area (Å²) in [4.78, 5) is 32.5. The molecular formula is C22H23ClN4O3. The van der Waals surface area contributed by atoms with Crippen molar-refractivity contribution in [2.24, 2.45) is 0 Å². The number of amides is 2. The van der Waals surface area contributed by atoms with Gasteiger partial charge in [0.2, 0.25) is 0 Å².